The molecule has 3 heteroatoms. The first-order valence-electron chi connectivity index (χ1n) is 7.79. The molecule has 0 aromatic carbocycles. The molecule has 0 spiro atoms. The van der Waals surface area contributed by atoms with Crippen molar-refractivity contribution >= 4 is 17.9 Å². The first kappa shape index (κ1) is 15.0. The van der Waals surface area contributed by atoms with Gasteiger partial charge in [0.05, 0.1) is 0 Å². The van der Waals surface area contributed by atoms with Gasteiger partial charge in [-0.05, 0) is 56.9 Å². The van der Waals surface area contributed by atoms with Gasteiger partial charge in [-0.2, -0.15) is 0 Å². The van der Waals surface area contributed by atoms with Crippen molar-refractivity contribution in [1.29, 1.82) is 0 Å². The maximum atomic E-state index is 11.9. The predicted molar refractivity (Wildman–Crippen MR) is 82.9 cm³/mol. The van der Waals surface area contributed by atoms with E-state index in [1.807, 2.05) is 0 Å². The summed E-state index contributed by atoms with van der Waals surface area (Å²) >= 11 is 1.64. The molecule has 2 atom stereocenters. The minimum absolute atomic E-state index is 0.249. The van der Waals surface area contributed by atoms with Crippen LogP contribution in [0, 0.1) is 11.8 Å². The Kier molecular flexibility index (Phi) is 5.37. The highest BCUT2D eigenvalue weighted by molar-refractivity contribution is 7.99. The zero-order valence-corrected chi connectivity index (χ0v) is 13.1. The van der Waals surface area contributed by atoms with Crippen LogP contribution in [0.1, 0.15) is 65.2 Å². The van der Waals surface area contributed by atoms with Gasteiger partial charge in [0, 0.05) is 10.7 Å². The molecule has 2 rings (SSSR count). The second kappa shape index (κ2) is 6.83. The molecule has 19 heavy (non-hydrogen) atoms. The summed E-state index contributed by atoms with van der Waals surface area (Å²) in [5, 5.41) is 0. The van der Waals surface area contributed by atoms with Crippen LogP contribution in [-0.2, 0) is 4.79 Å². The third-order valence-corrected chi connectivity index (χ3v) is 5.34. The molecular formula is C16H27NOS. The molecule has 2 unspecified atom stereocenters. The van der Waals surface area contributed by atoms with Gasteiger partial charge in [0.15, 0.2) is 0 Å². The first-order chi connectivity index (χ1) is 9.14. The van der Waals surface area contributed by atoms with E-state index < -0.39 is 0 Å². The van der Waals surface area contributed by atoms with Crippen LogP contribution in [0.3, 0.4) is 0 Å². The van der Waals surface area contributed by atoms with Gasteiger partial charge in [-0.15, -0.1) is 0 Å². The predicted octanol–water partition coefficient (Wildman–Crippen LogP) is 4.47. The summed E-state index contributed by atoms with van der Waals surface area (Å²) in [5.74, 6) is 1.01. The van der Waals surface area contributed by atoms with Crippen molar-refractivity contribution in [3.05, 3.63) is 12.2 Å². The van der Waals surface area contributed by atoms with Crippen LogP contribution in [0.2, 0.25) is 0 Å². The summed E-state index contributed by atoms with van der Waals surface area (Å²) in [5.41, 5.74) is 0. The highest BCUT2D eigenvalue weighted by Gasteiger charge is 2.43. The third kappa shape index (κ3) is 5.21. The van der Waals surface area contributed by atoms with Gasteiger partial charge in [0.1, 0.15) is 0 Å². The smallest absolute Gasteiger partial charge is 0.233 e. The van der Waals surface area contributed by atoms with Crippen molar-refractivity contribution in [2.75, 3.05) is 0 Å². The van der Waals surface area contributed by atoms with Gasteiger partial charge in [-0.1, -0.05) is 38.3 Å². The number of hydrogen-bond donors (Lipinski definition) is 1. The van der Waals surface area contributed by atoms with E-state index in [9.17, 15) is 4.79 Å². The molecule has 0 heterocycles. The zero-order valence-electron chi connectivity index (χ0n) is 12.3. The molecule has 1 N–H and O–H groups in total. The van der Waals surface area contributed by atoms with E-state index in [-0.39, 0.29) is 11.8 Å². The van der Waals surface area contributed by atoms with E-state index in [0.29, 0.717) is 10.7 Å². The normalized spacial score (nSPS) is 27.5. The van der Waals surface area contributed by atoms with Crippen molar-refractivity contribution < 1.29 is 4.79 Å². The Labute approximate surface area is 121 Å². The zero-order chi connectivity index (χ0) is 13.7. The Hall–Kier alpha value is -0.440. The van der Waals surface area contributed by atoms with E-state index in [1.165, 1.54) is 44.9 Å². The second-order valence-electron chi connectivity index (χ2n) is 6.30. The number of rotatable bonds is 9. The van der Waals surface area contributed by atoms with Crippen LogP contribution < -0.4 is 4.72 Å². The molecule has 0 aromatic rings. The molecule has 0 bridgehead atoms. The Balaban J connectivity index is 1.53. The van der Waals surface area contributed by atoms with Crippen molar-refractivity contribution in [2.45, 2.75) is 70.0 Å². The van der Waals surface area contributed by atoms with Crippen LogP contribution in [0.5, 0.6) is 0 Å². The maximum Gasteiger partial charge on any atom is 0.233 e. The Morgan fingerprint density at radius 2 is 2.16 bits per heavy atom. The second-order valence-corrected chi connectivity index (χ2v) is 7.70. The topological polar surface area (TPSA) is 29.1 Å². The maximum absolute atomic E-state index is 11.9. The molecular weight excluding hydrogens is 254 g/mol. The molecule has 0 aliphatic heterocycles. The molecule has 2 aliphatic rings. The van der Waals surface area contributed by atoms with Crippen LogP contribution >= 0.6 is 11.9 Å². The van der Waals surface area contributed by atoms with Crippen molar-refractivity contribution in [1.82, 2.24) is 4.72 Å². The van der Waals surface area contributed by atoms with Crippen LogP contribution in [0.4, 0.5) is 0 Å². The van der Waals surface area contributed by atoms with E-state index in [2.05, 4.69) is 30.7 Å². The largest absolute Gasteiger partial charge is 0.299 e. The highest BCUT2D eigenvalue weighted by Crippen LogP contribution is 2.47. The number of carbonyl (C=O) groups excluding carboxylic acids is 1. The average molecular weight is 281 g/mol. The Morgan fingerprint density at radius 1 is 1.37 bits per heavy atom. The highest BCUT2D eigenvalue weighted by atomic mass is 32.2. The summed E-state index contributed by atoms with van der Waals surface area (Å²) in [6, 6.07) is 0. The van der Waals surface area contributed by atoms with Crippen molar-refractivity contribution in [3.8, 4) is 0 Å². The Bertz CT molecular complexity index is 336. The van der Waals surface area contributed by atoms with E-state index in [4.69, 9.17) is 0 Å². The Morgan fingerprint density at radius 3 is 2.84 bits per heavy atom. The van der Waals surface area contributed by atoms with E-state index >= 15 is 0 Å². The first-order valence-corrected chi connectivity index (χ1v) is 8.61. The number of carbonyl (C=O) groups is 1. The van der Waals surface area contributed by atoms with Gasteiger partial charge in [-0.25, -0.2) is 0 Å². The van der Waals surface area contributed by atoms with Crippen LogP contribution in [0.15, 0.2) is 12.2 Å². The molecule has 2 fully saturated rings. The number of unbranched alkanes of at least 4 members (excludes halogenated alkanes) is 4. The van der Waals surface area contributed by atoms with Gasteiger partial charge in [0.2, 0.25) is 5.91 Å². The van der Waals surface area contributed by atoms with Crippen LogP contribution in [0.25, 0.3) is 0 Å². The standard InChI is InChI=1S/C16H27NOS/c1-3-4-5-6-7-8-9-13-12-14(13)15(18)17-19-16(2)10-11-16/h8-9,13-14H,3-7,10-12H2,1-2H3,(H,17,18)/b9-8-. The van der Waals surface area contributed by atoms with Gasteiger partial charge >= 0.3 is 0 Å². The SMILES string of the molecule is CCCCCC/C=C\C1CC1C(=O)NSC1(C)CC1. The summed E-state index contributed by atoms with van der Waals surface area (Å²) in [6.07, 6.45) is 14.5. The average Bonchev–Trinajstić information content (AvgIpc) is 3.29. The number of amides is 1. The van der Waals surface area contributed by atoms with Crippen LogP contribution in [-0.4, -0.2) is 10.7 Å². The van der Waals surface area contributed by atoms with Crippen molar-refractivity contribution in [2.24, 2.45) is 11.8 Å². The summed E-state index contributed by atoms with van der Waals surface area (Å²) in [7, 11) is 0. The van der Waals surface area contributed by atoms with Gasteiger partial charge in [-0.3, -0.25) is 9.52 Å². The van der Waals surface area contributed by atoms with E-state index in [0.717, 1.165) is 6.42 Å². The minimum Gasteiger partial charge on any atom is -0.299 e. The molecule has 2 nitrogen and oxygen atoms in total. The fraction of sp³-hybridized carbons (Fsp3) is 0.812. The van der Waals surface area contributed by atoms with Gasteiger partial charge < -0.3 is 0 Å². The van der Waals surface area contributed by atoms with Crippen molar-refractivity contribution in [3.63, 3.8) is 0 Å². The monoisotopic (exact) mass is 281 g/mol. The summed E-state index contributed by atoms with van der Waals surface area (Å²) in [6.45, 7) is 4.46. The molecule has 2 saturated carbocycles. The summed E-state index contributed by atoms with van der Waals surface area (Å²) in [4.78, 5) is 11.9. The lowest BCUT2D eigenvalue weighted by atomic mass is 10.1. The molecule has 1 amide bonds. The van der Waals surface area contributed by atoms with E-state index in [1.54, 1.807) is 11.9 Å². The number of nitrogens with one attached hydrogen (secondary N) is 1. The van der Waals surface area contributed by atoms with Gasteiger partial charge in [0.25, 0.3) is 0 Å². The lowest BCUT2D eigenvalue weighted by molar-refractivity contribution is -0.120. The fourth-order valence-electron chi connectivity index (χ4n) is 2.22. The number of hydrogen-bond acceptors (Lipinski definition) is 2. The molecule has 0 radical (unpaired) electrons. The summed E-state index contributed by atoms with van der Waals surface area (Å²) < 4.78 is 3.38. The number of allylic oxidation sites excluding steroid dienone is 2. The molecule has 0 aromatic heterocycles. The fourth-order valence-corrected chi connectivity index (χ4v) is 3.02. The molecule has 108 valence electrons. The quantitative estimate of drug-likeness (QED) is 0.384. The minimum atomic E-state index is 0.249. The third-order valence-electron chi connectivity index (χ3n) is 4.14. The molecule has 0 saturated heterocycles. The lowest BCUT2D eigenvalue weighted by Gasteiger charge is -2.08. The lowest BCUT2D eigenvalue weighted by Crippen LogP contribution is -2.21. The molecule has 2 aliphatic carbocycles.